The summed E-state index contributed by atoms with van der Waals surface area (Å²) in [6.45, 7) is 10.8. The van der Waals surface area contributed by atoms with Gasteiger partial charge in [-0.2, -0.15) is 22.2 Å². The molecule has 0 aromatic rings. The van der Waals surface area contributed by atoms with Gasteiger partial charge in [-0.05, 0) is 5.16 Å². The maximum atomic E-state index is 6.26. The topological polar surface area (TPSA) is 0 Å². The number of halogens is 2. The molecule has 0 spiro atoms. The first-order chi connectivity index (χ1) is 4.15. The van der Waals surface area contributed by atoms with Gasteiger partial charge in [-0.3, -0.25) is 0 Å². The highest BCUT2D eigenvalue weighted by Gasteiger charge is 2.38. The fourth-order valence-corrected chi connectivity index (χ4v) is 12.8. The normalized spacial score (nSPS) is 14.4. The van der Waals surface area contributed by atoms with Crippen molar-refractivity contribution < 1.29 is 0 Å². The molecule has 0 amide bonds. The van der Waals surface area contributed by atoms with E-state index in [1.165, 1.54) is 0 Å². The van der Waals surface area contributed by atoms with E-state index in [1.54, 1.807) is 0 Å². The second-order valence-electron chi connectivity index (χ2n) is 3.85. The van der Waals surface area contributed by atoms with Gasteiger partial charge < -0.3 is 0 Å². The van der Waals surface area contributed by atoms with Gasteiger partial charge >= 0.3 is 0 Å². The summed E-state index contributed by atoms with van der Waals surface area (Å²) in [7, 11) is -2.99. The third kappa shape index (κ3) is 3.42. The van der Waals surface area contributed by atoms with E-state index in [9.17, 15) is 0 Å². The standard InChI is InChI=1S/C6H16Cl2Si2/c1-6(9(2,3)7)10(4,5)8/h6H,1-5H3. The van der Waals surface area contributed by atoms with Crippen LogP contribution >= 0.6 is 22.2 Å². The van der Waals surface area contributed by atoms with Crippen molar-refractivity contribution >= 4 is 36.9 Å². The summed E-state index contributed by atoms with van der Waals surface area (Å²) in [6.07, 6.45) is 0. The van der Waals surface area contributed by atoms with Crippen LogP contribution in [-0.2, 0) is 0 Å². The lowest BCUT2D eigenvalue weighted by atomic mass is 10.9. The minimum atomic E-state index is -1.49. The van der Waals surface area contributed by atoms with Crippen LogP contribution in [0.5, 0.6) is 0 Å². The quantitative estimate of drug-likeness (QED) is 0.485. The Morgan fingerprint density at radius 3 is 1.10 bits per heavy atom. The molecule has 0 aliphatic rings. The Bertz CT molecular complexity index is 97.9. The van der Waals surface area contributed by atoms with E-state index in [0.29, 0.717) is 5.16 Å². The highest BCUT2D eigenvalue weighted by Crippen LogP contribution is 2.35. The first kappa shape index (κ1) is 11.0. The van der Waals surface area contributed by atoms with Gasteiger partial charge in [-0.1, -0.05) is 33.1 Å². The summed E-state index contributed by atoms with van der Waals surface area (Å²) < 4.78 is 0. The lowest BCUT2D eigenvalue weighted by Crippen LogP contribution is -2.38. The van der Waals surface area contributed by atoms with E-state index < -0.39 is 14.8 Å². The van der Waals surface area contributed by atoms with Crippen LogP contribution in [0.4, 0.5) is 0 Å². The van der Waals surface area contributed by atoms with Crippen molar-refractivity contribution in [2.75, 3.05) is 0 Å². The second-order valence-corrected chi connectivity index (χ2v) is 18.3. The molecule has 0 unspecified atom stereocenters. The van der Waals surface area contributed by atoms with Crippen LogP contribution in [-0.4, -0.2) is 14.8 Å². The molecule has 0 aromatic heterocycles. The molecule has 0 heterocycles. The van der Waals surface area contributed by atoms with E-state index in [4.69, 9.17) is 22.2 Å². The van der Waals surface area contributed by atoms with Crippen LogP contribution in [0, 0.1) is 0 Å². The van der Waals surface area contributed by atoms with E-state index in [-0.39, 0.29) is 0 Å². The lowest BCUT2D eigenvalue weighted by Gasteiger charge is -2.30. The lowest BCUT2D eigenvalue weighted by molar-refractivity contribution is 1.23. The van der Waals surface area contributed by atoms with Gasteiger partial charge in [-0.25, -0.2) is 0 Å². The number of hydrogen-bond acceptors (Lipinski definition) is 0. The van der Waals surface area contributed by atoms with Crippen molar-refractivity contribution in [1.82, 2.24) is 0 Å². The maximum absolute atomic E-state index is 6.26. The van der Waals surface area contributed by atoms with E-state index in [0.717, 1.165) is 0 Å². The zero-order valence-corrected chi connectivity index (χ0v) is 10.8. The highest BCUT2D eigenvalue weighted by atomic mass is 35.6. The van der Waals surface area contributed by atoms with Crippen molar-refractivity contribution in [3.05, 3.63) is 0 Å². The van der Waals surface area contributed by atoms with E-state index in [2.05, 4.69) is 33.1 Å². The summed E-state index contributed by atoms with van der Waals surface area (Å²) in [6, 6.07) is 0. The van der Waals surface area contributed by atoms with Crippen molar-refractivity contribution in [3.63, 3.8) is 0 Å². The molecule has 0 N–H and O–H groups in total. The van der Waals surface area contributed by atoms with Crippen molar-refractivity contribution in [1.29, 1.82) is 0 Å². The van der Waals surface area contributed by atoms with Crippen LogP contribution in [0.15, 0.2) is 0 Å². The SMILES string of the molecule is CC([Si](C)(C)Cl)[Si](C)(C)Cl. The van der Waals surface area contributed by atoms with Crippen molar-refractivity contribution in [2.24, 2.45) is 0 Å². The van der Waals surface area contributed by atoms with Gasteiger partial charge in [0, 0.05) is 0 Å². The van der Waals surface area contributed by atoms with Crippen LogP contribution in [0.2, 0.25) is 31.4 Å². The minimum Gasteiger partial charge on any atom is -0.168 e. The molecule has 10 heavy (non-hydrogen) atoms. The number of hydrogen-bond donors (Lipinski definition) is 0. The summed E-state index contributed by atoms with van der Waals surface area (Å²) in [4.78, 5) is 0. The Kier molecular flexibility index (Phi) is 3.49. The van der Waals surface area contributed by atoms with Crippen LogP contribution in [0.25, 0.3) is 0 Å². The first-order valence-corrected chi connectivity index (χ1v) is 11.7. The largest absolute Gasteiger partial charge is 0.168 e. The molecule has 0 aliphatic carbocycles. The Balaban J connectivity index is 4.23. The van der Waals surface area contributed by atoms with Crippen LogP contribution in [0.3, 0.4) is 0 Å². The maximum Gasteiger partial charge on any atom is 0.151 e. The third-order valence-electron chi connectivity index (χ3n) is 2.06. The van der Waals surface area contributed by atoms with Gasteiger partial charge in [-0.15, -0.1) is 0 Å². The summed E-state index contributed by atoms with van der Waals surface area (Å²) in [5, 5.41) is 0.573. The summed E-state index contributed by atoms with van der Waals surface area (Å²) >= 11 is 12.5. The van der Waals surface area contributed by atoms with Gasteiger partial charge in [0.25, 0.3) is 0 Å². The van der Waals surface area contributed by atoms with E-state index >= 15 is 0 Å². The van der Waals surface area contributed by atoms with E-state index in [1.807, 2.05) is 0 Å². The highest BCUT2D eigenvalue weighted by molar-refractivity contribution is 7.32. The Morgan fingerprint density at radius 1 is 0.900 bits per heavy atom. The smallest absolute Gasteiger partial charge is 0.151 e. The fraction of sp³-hybridized carbons (Fsp3) is 1.00. The average Bonchev–Trinajstić information content (AvgIpc) is 1.59. The predicted molar refractivity (Wildman–Crippen MR) is 56.1 cm³/mol. The molecule has 0 bridgehead atoms. The minimum absolute atomic E-state index is 0.573. The molecule has 0 rings (SSSR count). The number of rotatable bonds is 2. The molecule has 0 saturated heterocycles. The second kappa shape index (κ2) is 3.17. The van der Waals surface area contributed by atoms with Crippen molar-refractivity contribution in [2.45, 2.75) is 38.3 Å². The molecular formula is C6H16Cl2Si2. The molecule has 4 heteroatoms. The van der Waals surface area contributed by atoms with Crippen molar-refractivity contribution in [3.8, 4) is 0 Å². The van der Waals surface area contributed by atoms with Gasteiger partial charge in [0.1, 0.15) is 0 Å². The Hall–Kier alpha value is 1.01. The molecular weight excluding hydrogens is 199 g/mol. The molecule has 0 nitrogen and oxygen atoms in total. The van der Waals surface area contributed by atoms with Gasteiger partial charge in [0.2, 0.25) is 0 Å². The monoisotopic (exact) mass is 214 g/mol. The Labute approximate surface area is 75.3 Å². The fourth-order valence-electron chi connectivity index (χ4n) is 0.816. The van der Waals surface area contributed by atoms with Gasteiger partial charge in [0.15, 0.2) is 14.8 Å². The van der Waals surface area contributed by atoms with Crippen LogP contribution < -0.4 is 0 Å². The predicted octanol–water partition coefficient (Wildman–Crippen LogP) is 3.80. The summed E-state index contributed by atoms with van der Waals surface area (Å²) in [5.41, 5.74) is 0. The molecule has 0 aromatic carbocycles. The molecule has 62 valence electrons. The molecule has 0 radical (unpaired) electrons. The molecule has 0 fully saturated rings. The molecule has 0 saturated carbocycles. The first-order valence-electron chi connectivity index (χ1n) is 3.53. The Morgan fingerprint density at radius 2 is 1.10 bits per heavy atom. The summed E-state index contributed by atoms with van der Waals surface area (Å²) in [5.74, 6) is 0. The van der Waals surface area contributed by atoms with Crippen LogP contribution in [0.1, 0.15) is 6.92 Å². The third-order valence-corrected chi connectivity index (χ3v) is 13.6. The zero-order valence-electron chi connectivity index (χ0n) is 7.33. The van der Waals surface area contributed by atoms with Gasteiger partial charge in [0.05, 0.1) is 0 Å². The molecule has 0 aliphatic heterocycles. The average molecular weight is 215 g/mol. The molecule has 0 atom stereocenters. The zero-order chi connectivity index (χ0) is 8.58.